The predicted molar refractivity (Wildman–Crippen MR) is 110 cm³/mol. The fourth-order valence-corrected chi connectivity index (χ4v) is 3.43. The van der Waals surface area contributed by atoms with E-state index < -0.39 is 29.2 Å². The first-order valence-corrected chi connectivity index (χ1v) is 9.77. The molecule has 0 radical (unpaired) electrons. The van der Waals surface area contributed by atoms with Crippen LogP contribution in [0.3, 0.4) is 0 Å². The molecule has 4 aromatic rings. The van der Waals surface area contributed by atoms with E-state index >= 15 is 0 Å². The number of rotatable bonds is 4. The van der Waals surface area contributed by atoms with Gasteiger partial charge in [-0.3, -0.25) is 4.79 Å². The summed E-state index contributed by atoms with van der Waals surface area (Å²) in [4.78, 5) is 17.8. The number of aromatic nitrogens is 6. The number of pyridine rings is 1. The minimum absolute atomic E-state index is 0.0254. The van der Waals surface area contributed by atoms with E-state index in [1.807, 2.05) is 0 Å². The van der Waals surface area contributed by atoms with Crippen LogP contribution >= 0.6 is 23.2 Å². The molecule has 1 N–H and O–H groups in total. The molecule has 0 saturated carbocycles. The van der Waals surface area contributed by atoms with Crippen molar-refractivity contribution in [1.29, 1.82) is 0 Å². The summed E-state index contributed by atoms with van der Waals surface area (Å²) in [5.41, 5.74) is -2.43. The van der Waals surface area contributed by atoms with Crippen LogP contribution in [0.15, 0.2) is 43.0 Å². The smallest absolute Gasteiger partial charge is 0.320 e. The van der Waals surface area contributed by atoms with E-state index in [2.05, 4.69) is 25.6 Å². The van der Waals surface area contributed by atoms with Crippen molar-refractivity contribution in [2.75, 3.05) is 5.32 Å². The lowest BCUT2D eigenvalue weighted by atomic mass is 10.2. The molecule has 0 spiro atoms. The number of carbonyl (C=O) groups is 1. The summed E-state index contributed by atoms with van der Waals surface area (Å²) in [5.74, 6) is -1.66. The van der Waals surface area contributed by atoms with Gasteiger partial charge in [0.05, 0.1) is 51.8 Å². The number of alkyl halides is 3. The number of hydrogen-bond acceptors (Lipinski definition) is 5. The highest BCUT2D eigenvalue weighted by Crippen LogP contribution is 2.36. The predicted octanol–water partition coefficient (Wildman–Crippen LogP) is 4.87. The highest BCUT2D eigenvalue weighted by Gasteiger charge is 2.41. The van der Waals surface area contributed by atoms with Crippen molar-refractivity contribution >= 4 is 34.8 Å². The van der Waals surface area contributed by atoms with Crippen LogP contribution in [0.25, 0.3) is 11.5 Å². The summed E-state index contributed by atoms with van der Waals surface area (Å²) in [7, 11) is 0. The zero-order valence-electron chi connectivity index (χ0n) is 16.4. The second-order valence-electron chi connectivity index (χ2n) is 6.62. The fourth-order valence-electron chi connectivity index (χ4n) is 2.95. The summed E-state index contributed by atoms with van der Waals surface area (Å²) < 4.78 is 55.9. The lowest BCUT2D eigenvalue weighted by Crippen LogP contribution is -2.21. The van der Waals surface area contributed by atoms with Crippen molar-refractivity contribution in [3.8, 4) is 11.5 Å². The Labute approximate surface area is 192 Å². The largest absolute Gasteiger partial charge is 0.434 e. The molecule has 3 aromatic heterocycles. The quantitative estimate of drug-likeness (QED) is 0.404. The maximum absolute atomic E-state index is 13.9. The molecule has 0 fully saturated rings. The summed E-state index contributed by atoms with van der Waals surface area (Å²) in [6.45, 7) is 1.31. The Morgan fingerprint density at radius 2 is 1.79 bits per heavy atom. The molecule has 1 amide bonds. The van der Waals surface area contributed by atoms with Crippen LogP contribution in [0.4, 0.5) is 23.2 Å². The fraction of sp³-hybridized carbons (Fsp3) is 0.105. The first-order valence-electron chi connectivity index (χ1n) is 9.01. The third kappa shape index (κ3) is 4.26. The number of nitrogens with zero attached hydrogens (tertiary/aromatic N) is 6. The molecule has 3 heterocycles. The monoisotopic (exact) mass is 499 g/mol. The lowest BCUT2D eigenvalue weighted by Gasteiger charge is -2.15. The van der Waals surface area contributed by atoms with E-state index in [-0.39, 0.29) is 32.8 Å². The lowest BCUT2D eigenvalue weighted by molar-refractivity contribution is -0.143. The van der Waals surface area contributed by atoms with Gasteiger partial charge in [0.25, 0.3) is 5.91 Å². The topological polar surface area (TPSA) is 90.5 Å². The Hall–Kier alpha value is -3.51. The average Bonchev–Trinajstić information content (AvgIpc) is 3.42. The van der Waals surface area contributed by atoms with Crippen LogP contribution in [0, 0.1) is 12.7 Å². The number of nitrogens with one attached hydrogen (secondary N) is 1. The van der Waals surface area contributed by atoms with Gasteiger partial charge in [0.15, 0.2) is 11.5 Å². The molecule has 8 nitrogen and oxygen atoms in total. The van der Waals surface area contributed by atoms with Gasteiger partial charge in [0.1, 0.15) is 5.82 Å². The van der Waals surface area contributed by atoms with Gasteiger partial charge in [-0.15, -0.1) is 4.80 Å². The van der Waals surface area contributed by atoms with Crippen molar-refractivity contribution in [3.63, 3.8) is 0 Å². The van der Waals surface area contributed by atoms with Gasteiger partial charge >= 0.3 is 6.18 Å². The number of halogens is 6. The number of anilines is 1. The standard InChI is InChI=1S/C19H11Cl2F4N7O/c1-9-13(22)2-3-14(15(9)21)31-16(19(23,24)25)11(8-29-31)18(33)30-10-6-12(20)17(26-7-10)32-27-4-5-28-32/h2-8H,1H3,(H,30,33). The Morgan fingerprint density at radius 3 is 2.42 bits per heavy atom. The maximum Gasteiger partial charge on any atom is 0.434 e. The van der Waals surface area contributed by atoms with Crippen LogP contribution < -0.4 is 5.32 Å². The van der Waals surface area contributed by atoms with E-state index in [1.54, 1.807) is 0 Å². The van der Waals surface area contributed by atoms with Crippen molar-refractivity contribution in [2.45, 2.75) is 13.1 Å². The molecule has 0 aliphatic heterocycles. The Bertz CT molecular complexity index is 1350. The molecule has 0 aliphatic rings. The van der Waals surface area contributed by atoms with Gasteiger partial charge in [-0.1, -0.05) is 23.2 Å². The SMILES string of the molecule is Cc1c(F)ccc(-n2ncc(C(=O)Nc3cnc(-n4nccn4)c(Cl)c3)c2C(F)(F)F)c1Cl. The normalized spacial score (nSPS) is 11.6. The van der Waals surface area contributed by atoms with Gasteiger partial charge in [-0.2, -0.15) is 28.5 Å². The van der Waals surface area contributed by atoms with E-state index in [9.17, 15) is 22.4 Å². The molecule has 0 bridgehead atoms. The number of hydrogen-bond donors (Lipinski definition) is 1. The molecule has 0 atom stereocenters. The third-order valence-corrected chi connectivity index (χ3v) is 5.25. The first kappa shape index (κ1) is 22.7. The minimum atomic E-state index is -4.99. The molecule has 170 valence electrons. The van der Waals surface area contributed by atoms with E-state index in [0.717, 1.165) is 23.1 Å². The maximum atomic E-state index is 13.9. The van der Waals surface area contributed by atoms with Gasteiger partial charge < -0.3 is 5.32 Å². The Morgan fingerprint density at radius 1 is 1.09 bits per heavy atom. The van der Waals surface area contributed by atoms with Gasteiger partial charge in [-0.05, 0) is 25.1 Å². The molecule has 0 aliphatic carbocycles. The highest BCUT2D eigenvalue weighted by molar-refractivity contribution is 6.33. The second-order valence-corrected chi connectivity index (χ2v) is 7.41. The van der Waals surface area contributed by atoms with E-state index in [0.29, 0.717) is 4.68 Å². The van der Waals surface area contributed by atoms with Crippen molar-refractivity contribution in [2.24, 2.45) is 0 Å². The molecule has 14 heteroatoms. The van der Waals surface area contributed by atoms with Crippen LogP contribution in [0.2, 0.25) is 10.0 Å². The molecular formula is C19H11Cl2F4N7O. The molecule has 4 rings (SSSR count). The van der Waals surface area contributed by atoms with Gasteiger partial charge in [0.2, 0.25) is 0 Å². The van der Waals surface area contributed by atoms with Gasteiger partial charge in [0, 0.05) is 5.56 Å². The summed E-state index contributed by atoms with van der Waals surface area (Å²) in [5, 5.41) is 13.5. The number of benzene rings is 1. The average molecular weight is 500 g/mol. The van der Waals surface area contributed by atoms with Crippen LogP contribution in [0.1, 0.15) is 21.6 Å². The third-order valence-electron chi connectivity index (χ3n) is 4.50. The molecule has 1 aromatic carbocycles. The molecule has 0 unspecified atom stereocenters. The summed E-state index contributed by atoms with van der Waals surface area (Å²) in [6, 6.07) is 3.28. The van der Waals surface area contributed by atoms with Crippen molar-refractivity contribution in [1.82, 2.24) is 29.8 Å². The first-order chi connectivity index (χ1) is 15.6. The van der Waals surface area contributed by atoms with Crippen LogP contribution in [-0.2, 0) is 6.18 Å². The number of amides is 1. The van der Waals surface area contributed by atoms with E-state index in [1.165, 1.54) is 31.6 Å². The van der Waals surface area contributed by atoms with Crippen LogP contribution in [-0.4, -0.2) is 35.7 Å². The molecule has 33 heavy (non-hydrogen) atoms. The highest BCUT2D eigenvalue weighted by atomic mass is 35.5. The van der Waals surface area contributed by atoms with Crippen LogP contribution in [0.5, 0.6) is 0 Å². The Balaban J connectivity index is 1.71. The zero-order valence-corrected chi connectivity index (χ0v) is 17.9. The molecular weight excluding hydrogens is 489 g/mol. The van der Waals surface area contributed by atoms with Crippen molar-refractivity contribution < 1.29 is 22.4 Å². The second kappa shape index (κ2) is 8.45. The summed E-state index contributed by atoms with van der Waals surface area (Å²) >= 11 is 12.2. The summed E-state index contributed by atoms with van der Waals surface area (Å²) in [6.07, 6.45) is -0.261. The molecule has 0 saturated heterocycles. The van der Waals surface area contributed by atoms with Gasteiger partial charge in [-0.25, -0.2) is 14.1 Å². The zero-order chi connectivity index (χ0) is 23.9. The van der Waals surface area contributed by atoms with Crippen molar-refractivity contribution in [3.05, 3.63) is 75.7 Å². The minimum Gasteiger partial charge on any atom is -0.320 e. The Kier molecular flexibility index (Phi) is 5.80. The number of carbonyl (C=O) groups excluding carboxylic acids is 1. The van der Waals surface area contributed by atoms with E-state index in [4.69, 9.17) is 23.2 Å².